The van der Waals surface area contributed by atoms with Crippen LogP contribution in [0.4, 0.5) is 5.69 Å². The molecule has 26 heavy (non-hydrogen) atoms. The Hall–Kier alpha value is -2.09. The zero-order chi connectivity index (χ0) is 18.9. The number of hydrogen-bond acceptors (Lipinski definition) is 6. The standard InChI is InChI=1S/C18H24N2O5S/c1-13(18(22)19-14-8-4-2-3-5-9-14)25-17(21)12-26-16-11-7-6-10-15(16)20(23)24/h6-7,10-11,13-14H,2-5,8-9,12H2,1H3,(H,19,22)/t13-/m0/s1. The van der Waals surface area contributed by atoms with Gasteiger partial charge in [-0.1, -0.05) is 37.8 Å². The van der Waals surface area contributed by atoms with Gasteiger partial charge < -0.3 is 10.1 Å². The maximum absolute atomic E-state index is 12.2. The molecule has 0 aliphatic heterocycles. The van der Waals surface area contributed by atoms with Gasteiger partial charge in [-0.15, -0.1) is 11.8 Å². The molecule has 0 aromatic heterocycles. The van der Waals surface area contributed by atoms with Gasteiger partial charge in [0, 0.05) is 12.1 Å². The highest BCUT2D eigenvalue weighted by molar-refractivity contribution is 8.00. The zero-order valence-corrected chi connectivity index (χ0v) is 15.6. The van der Waals surface area contributed by atoms with Crippen molar-refractivity contribution in [3.8, 4) is 0 Å². The molecule has 1 aliphatic carbocycles. The topological polar surface area (TPSA) is 98.5 Å². The molecule has 1 fully saturated rings. The third-order valence-corrected chi connectivity index (χ3v) is 5.32. The van der Waals surface area contributed by atoms with Gasteiger partial charge in [-0.3, -0.25) is 19.7 Å². The normalized spacial score (nSPS) is 16.3. The van der Waals surface area contributed by atoms with E-state index in [0.29, 0.717) is 4.90 Å². The number of thioether (sulfide) groups is 1. The lowest BCUT2D eigenvalue weighted by molar-refractivity contribution is -0.387. The Labute approximate surface area is 157 Å². The molecule has 142 valence electrons. The molecule has 0 bridgehead atoms. The Bertz CT molecular complexity index is 644. The smallest absolute Gasteiger partial charge is 0.317 e. The van der Waals surface area contributed by atoms with Crippen LogP contribution < -0.4 is 5.32 Å². The van der Waals surface area contributed by atoms with Crippen LogP contribution >= 0.6 is 11.8 Å². The number of nitrogens with one attached hydrogen (secondary N) is 1. The molecule has 8 heteroatoms. The number of nitro benzene ring substituents is 1. The molecule has 0 saturated heterocycles. The van der Waals surface area contributed by atoms with Crippen LogP contribution in [0.15, 0.2) is 29.2 Å². The van der Waals surface area contributed by atoms with Gasteiger partial charge in [-0.2, -0.15) is 0 Å². The summed E-state index contributed by atoms with van der Waals surface area (Å²) in [6, 6.07) is 6.35. The average molecular weight is 380 g/mol. The minimum Gasteiger partial charge on any atom is -0.452 e. The Kier molecular flexibility index (Phi) is 7.90. The molecule has 0 radical (unpaired) electrons. The first kappa shape index (κ1) is 20.2. The van der Waals surface area contributed by atoms with Crippen molar-refractivity contribution in [3.05, 3.63) is 34.4 Å². The van der Waals surface area contributed by atoms with E-state index in [9.17, 15) is 19.7 Å². The second-order valence-corrected chi connectivity index (χ2v) is 7.36. The number of benzene rings is 1. The lowest BCUT2D eigenvalue weighted by atomic mass is 10.1. The van der Waals surface area contributed by atoms with E-state index in [-0.39, 0.29) is 23.4 Å². The van der Waals surface area contributed by atoms with Crippen molar-refractivity contribution < 1.29 is 19.2 Å². The summed E-state index contributed by atoms with van der Waals surface area (Å²) in [6.07, 6.45) is 5.63. The number of nitrogens with zero attached hydrogens (tertiary/aromatic N) is 1. The quantitative estimate of drug-likeness (QED) is 0.256. The molecule has 1 aromatic carbocycles. The van der Waals surface area contributed by atoms with E-state index in [1.807, 2.05) is 0 Å². The Morgan fingerprint density at radius 2 is 1.92 bits per heavy atom. The summed E-state index contributed by atoms with van der Waals surface area (Å²) in [6.45, 7) is 1.54. The maximum atomic E-state index is 12.2. The number of para-hydroxylation sites is 1. The van der Waals surface area contributed by atoms with Gasteiger partial charge in [0.1, 0.15) is 0 Å². The van der Waals surface area contributed by atoms with Gasteiger partial charge in [0.2, 0.25) is 0 Å². The van der Waals surface area contributed by atoms with Crippen molar-refractivity contribution in [3.63, 3.8) is 0 Å². The highest BCUT2D eigenvalue weighted by atomic mass is 32.2. The molecule has 1 N–H and O–H groups in total. The SMILES string of the molecule is C[C@H](OC(=O)CSc1ccccc1[N+](=O)[O-])C(=O)NC1CCCCCC1. The molecule has 1 aromatic rings. The van der Waals surface area contributed by atoms with E-state index >= 15 is 0 Å². The average Bonchev–Trinajstić information content (AvgIpc) is 2.88. The number of hydrogen-bond donors (Lipinski definition) is 1. The first-order chi connectivity index (χ1) is 12.5. The van der Waals surface area contributed by atoms with Gasteiger partial charge in [-0.05, 0) is 25.8 Å². The number of esters is 1. The van der Waals surface area contributed by atoms with Gasteiger partial charge in [0.15, 0.2) is 6.10 Å². The summed E-state index contributed by atoms with van der Waals surface area (Å²) < 4.78 is 5.17. The second kappa shape index (κ2) is 10.2. The number of carbonyl (C=O) groups excluding carboxylic acids is 2. The Balaban J connectivity index is 1.79. The van der Waals surface area contributed by atoms with Gasteiger partial charge >= 0.3 is 5.97 Å². The minimum atomic E-state index is -0.878. The largest absolute Gasteiger partial charge is 0.452 e. The summed E-state index contributed by atoms with van der Waals surface area (Å²) in [7, 11) is 0. The van der Waals surface area contributed by atoms with Crippen LogP contribution in [0.25, 0.3) is 0 Å². The fraction of sp³-hybridized carbons (Fsp3) is 0.556. The number of ether oxygens (including phenoxy) is 1. The van der Waals surface area contributed by atoms with Gasteiger partial charge in [0.25, 0.3) is 11.6 Å². The van der Waals surface area contributed by atoms with Crippen molar-refractivity contribution in [2.45, 2.75) is 62.5 Å². The fourth-order valence-electron chi connectivity index (χ4n) is 2.89. The fourth-order valence-corrected chi connectivity index (χ4v) is 3.70. The molecule has 1 amide bonds. The number of rotatable bonds is 7. The van der Waals surface area contributed by atoms with Crippen LogP contribution in [0.5, 0.6) is 0 Å². The molecule has 0 unspecified atom stereocenters. The number of nitro groups is 1. The van der Waals surface area contributed by atoms with Gasteiger partial charge in [-0.25, -0.2) is 0 Å². The van der Waals surface area contributed by atoms with Crippen molar-refractivity contribution in [1.29, 1.82) is 0 Å². The van der Waals surface area contributed by atoms with Crippen LogP contribution in [-0.2, 0) is 14.3 Å². The van der Waals surface area contributed by atoms with E-state index < -0.39 is 17.0 Å². The molecular formula is C18H24N2O5S. The van der Waals surface area contributed by atoms with Crippen LogP contribution in [-0.4, -0.2) is 34.7 Å². The predicted molar refractivity (Wildman–Crippen MR) is 99.0 cm³/mol. The monoisotopic (exact) mass is 380 g/mol. The summed E-state index contributed by atoms with van der Waals surface area (Å²) in [4.78, 5) is 35.0. The van der Waals surface area contributed by atoms with Crippen LogP contribution in [0.2, 0.25) is 0 Å². The number of amides is 1. The van der Waals surface area contributed by atoms with Crippen molar-refractivity contribution in [2.75, 3.05) is 5.75 Å². The lowest BCUT2D eigenvalue weighted by Gasteiger charge is -2.19. The Morgan fingerprint density at radius 3 is 2.58 bits per heavy atom. The third-order valence-electron chi connectivity index (χ3n) is 4.29. The van der Waals surface area contributed by atoms with Crippen LogP contribution in [0.1, 0.15) is 45.4 Å². The third kappa shape index (κ3) is 6.33. The first-order valence-corrected chi connectivity index (χ1v) is 9.82. The highest BCUT2D eigenvalue weighted by Gasteiger charge is 2.22. The summed E-state index contributed by atoms with van der Waals surface area (Å²) in [5.74, 6) is -0.955. The predicted octanol–water partition coefficient (Wildman–Crippen LogP) is 3.46. The molecule has 2 rings (SSSR count). The van der Waals surface area contributed by atoms with E-state index in [1.54, 1.807) is 25.1 Å². The van der Waals surface area contributed by atoms with Crippen molar-refractivity contribution in [2.24, 2.45) is 0 Å². The highest BCUT2D eigenvalue weighted by Crippen LogP contribution is 2.28. The second-order valence-electron chi connectivity index (χ2n) is 6.34. The molecule has 1 atom stereocenters. The summed E-state index contributed by atoms with van der Waals surface area (Å²) >= 11 is 1.03. The van der Waals surface area contributed by atoms with Crippen molar-refractivity contribution in [1.82, 2.24) is 5.32 Å². The first-order valence-electron chi connectivity index (χ1n) is 8.83. The van der Waals surface area contributed by atoms with Gasteiger partial charge in [0.05, 0.1) is 15.6 Å². The number of carbonyl (C=O) groups is 2. The lowest BCUT2D eigenvalue weighted by Crippen LogP contribution is -2.42. The van der Waals surface area contributed by atoms with Crippen molar-refractivity contribution >= 4 is 29.3 Å². The van der Waals surface area contributed by atoms with E-state index in [2.05, 4.69) is 5.32 Å². The van der Waals surface area contributed by atoms with Crippen LogP contribution in [0, 0.1) is 10.1 Å². The van der Waals surface area contributed by atoms with E-state index in [1.165, 1.54) is 18.9 Å². The maximum Gasteiger partial charge on any atom is 0.317 e. The van der Waals surface area contributed by atoms with E-state index in [4.69, 9.17) is 4.74 Å². The summed E-state index contributed by atoms with van der Waals surface area (Å²) in [5.41, 5.74) is -0.0514. The molecule has 0 spiro atoms. The summed E-state index contributed by atoms with van der Waals surface area (Å²) in [5, 5.41) is 13.9. The molecule has 1 saturated carbocycles. The Morgan fingerprint density at radius 1 is 1.27 bits per heavy atom. The van der Waals surface area contributed by atoms with E-state index in [0.717, 1.165) is 37.4 Å². The molecule has 7 nitrogen and oxygen atoms in total. The van der Waals surface area contributed by atoms with Crippen LogP contribution in [0.3, 0.4) is 0 Å². The molecular weight excluding hydrogens is 356 g/mol. The minimum absolute atomic E-state index is 0.0514. The molecule has 0 heterocycles. The molecule has 1 aliphatic rings. The zero-order valence-electron chi connectivity index (χ0n) is 14.8.